The Morgan fingerprint density at radius 1 is 1.29 bits per heavy atom. The van der Waals surface area contributed by atoms with Crippen LogP contribution in [0.5, 0.6) is 0 Å². The molecule has 110 valence electrons. The number of amides is 1. The van der Waals surface area contributed by atoms with Crippen LogP contribution in [0.3, 0.4) is 0 Å². The number of carboxylic acid groups (broad SMARTS) is 1. The zero-order valence-corrected chi connectivity index (χ0v) is 12.2. The van der Waals surface area contributed by atoms with E-state index >= 15 is 0 Å². The van der Waals surface area contributed by atoms with Gasteiger partial charge in [0.2, 0.25) is 5.91 Å². The molecule has 1 aromatic carbocycles. The monoisotopic (exact) mass is 305 g/mol. The van der Waals surface area contributed by atoms with Gasteiger partial charge in [0.15, 0.2) is 0 Å². The molecule has 2 N–H and O–H groups in total. The highest BCUT2D eigenvalue weighted by molar-refractivity contribution is 8.00. The minimum atomic E-state index is -0.999. The molecule has 0 saturated heterocycles. The molecule has 1 atom stereocenters. The lowest BCUT2D eigenvalue weighted by Gasteiger charge is -2.12. The molecule has 1 aromatic heterocycles. The number of thioether (sulfide) groups is 1. The lowest BCUT2D eigenvalue weighted by molar-refractivity contribution is -0.120. The van der Waals surface area contributed by atoms with E-state index in [1.807, 2.05) is 0 Å². The van der Waals surface area contributed by atoms with Crippen LogP contribution in [-0.4, -0.2) is 22.2 Å². The second-order valence-corrected chi connectivity index (χ2v) is 5.74. The first-order valence-corrected chi connectivity index (χ1v) is 7.25. The lowest BCUT2D eigenvalue weighted by atomic mass is 10.2. The molecule has 0 saturated carbocycles. The first-order valence-electron chi connectivity index (χ1n) is 6.37. The molecule has 2 aromatic rings. The highest BCUT2D eigenvalue weighted by Gasteiger charge is 2.18. The third-order valence-corrected chi connectivity index (χ3v) is 3.98. The summed E-state index contributed by atoms with van der Waals surface area (Å²) in [4.78, 5) is 23.7. The van der Waals surface area contributed by atoms with Gasteiger partial charge in [-0.2, -0.15) is 0 Å². The smallest absolute Gasteiger partial charge is 0.336 e. The van der Waals surface area contributed by atoms with Crippen molar-refractivity contribution in [2.75, 3.05) is 0 Å². The minimum Gasteiger partial charge on any atom is -0.478 e. The summed E-state index contributed by atoms with van der Waals surface area (Å²) in [5.74, 6) is -0.496. The largest absolute Gasteiger partial charge is 0.478 e. The molecule has 1 amide bonds. The van der Waals surface area contributed by atoms with Gasteiger partial charge in [0.1, 0.15) is 5.76 Å². The predicted molar refractivity (Wildman–Crippen MR) is 79.3 cm³/mol. The van der Waals surface area contributed by atoms with E-state index < -0.39 is 11.2 Å². The van der Waals surface area contributed by atoms with Crippen LogP contribution in [0, 0.1) is 0 Å². The zero-order valence-electron chi connectivity index (χ0n) is 11.4. The fourth-order valence-corrected chi connectivity index (χ4v) is 2.73. The summed E-state index contributed by atoms with van der Waals surface area (Å²) in [5.41, 5.74) is 0.202. The first kappa shape index (κ1) is 15.2. The van der Waals surface area contributed by atoms with E-state index in [9.17, 15) is 9.59 Å². The Morgan fingerprint density at radius 2 is 2.05 bits per heavy atom. The van der Waals surface area contributed by atoms with Gasteiger partial charge in [-0.3, -0.25) is 4.79 Å². The maximum atomic E-state index is 12.0. The van der Waals surface area contributed by atoms with Crippen LogP contribution in [0.4, 0.5) is 0 Å². The molecule has 0 unspecified atom stereocenters. The van der Waals surface area contributed by atoms with Crippen molar-refractivity contribution >= 4 is 23.6 Å². The van der Waals surface area contributed by atoms with Crippen LogP contribution >= 0.6 is 11.8 Å². The quantitative estimate of drug-likeness (QED) is 0.802. The molecule has 0 spiro atoms. The summed E-state index contributed by atoms with van der Waals surface area (Å²) in [7, 11) is 0. The van der Waals surface area contributed by atoms with Crippen molar-refractivity contribution in [2.45, 2.75) is 23.6 Å². The molecule has 21 heavy (non-hydrogen) atoms. The number of hydrogen-bond donors (Lipinski definition) is 2. The first-order chi connectivity index (χ1) is 10.1. The molecule has 2 rings (SSSR count). The van der Waals surface area contributed by atoms with Crippen molar-refractivity contribution in [3.63, 3.8) is 0 Å². The Labute approximate surface area is 126 Å². The molecular weight excluding hydrogens is 290 g/mol. The number of nitrogens with one attached hydrogen (secondary N) is 1. The second kappa shape index (κ2) is 6.99. The van der Waals surface area contributed by atoms with Gasteiger partial charge in [0.05, 0.1) is 23.6 Å². The van der Waals surface area contributed by atoms with Gasteiger partial charge in [-0.05, 0) is 31.2 Å². The van der Waals surface area contributed by atoms with Crippen molar-refractivity contribution < 1.29 is 19.1 Å². The standard InChI is InChI=1S/C15H15NO4S/c1-10(14(17)16-9-11-5-4-8-20-11)21-13-7-3-2-6-12(13)15(18)19/h2-8,10H,9H2,1H3,(H,16,17)(H,18,19)/t10-/m1/s1. The van der Waals surface area contributed by atoms with Gasteiger partial charge in [0.25, 0.3) is 0 Å². The van der Waals surface area contributed by atoms with Gasteiger partial charge < -0.3 is 14.8 Å². The van der Waals surface area contributed by atoms with E-state index in [-0.39, 0.29) is 11.5 Å². The van der Waals surface area contributed by atoms with Gasteiger partial charge in [-0.1, -0.05) is 12.1 Å². The third kappa shape index (κ3) is 4.13. The van der Waals surface area contributed by atoms with Gasteiger partial charge in [-0.25, -0.2) is 4.79 Å². The molecule has 0 aliphatic carbocycles. The SMILES string of the molecule is C[C@@H](Sc1ccccc1C(=O)O)C(=O)NCc1ccco1. The van der Waals surface area contributed by atoms with Crippen LogP contribution in [0.2, 0.25) is 0 Å². The highest BCUT2D eigenvalue weighted by Crippen LogP contribution is 2.27. The van der Waals surface area contributed by atoms with E-state index in [0.29, 0.717) is 17.2 Å². The Bertz CT molecular complexity index is 624. The maximum absolute atomic E-state index is 12.0. The van der Waals surface area contributed by atoms with Crippen molar-refractivity contribution in [3.8, 4) is 0 Å². The molecule has 0 bridgehead atoms. The topological polar surface area (TPSA) is 79.5 Å². The van der Waals surface area contributed by atoms with Gasteiger partial charge in [-0.15, -0.1) is 11.8 Å². The molecule has 6 heteroatoms. The van der Waals surface area contributed by atoms with Crippen molar-refractivity contribution in [2.24, 2.45) is 0 Å². The highest BCUT2D eigenvalue weighted by atomic mass is 32.2. The van der Waals surface area contributed by atoms with E-state index in [1.165, 1.54) is 17.8 Å². The number of rotatable bonds is 6. The average Bonchev–Trinajstić information content (AvgIpc) is 2.98. The number of aromatic carboxylic acids is 1. The number of hydrogen-bond acceptors (Lipinski definition) is 4. The molecule has 0 fully saturated rings. The van der Waals surface area contributed by atoms with Crippen LogP contribution in [0.15, 0.2) is 52.0 Å². The molecule has 0 aliphatic rings. The molecule has 5 nitrogen and oxygen atoms in total. The Hall–Kier alpha value is -2.21. The van der Waals surface area contributed by atoms with Crippen molar-refractivity contribution in [1.29, 1.82) is 0 Å². The summed E-state index contributed by atoms with van der Waals surface area (Å²) < 4.78 is 5.13. The van der Waals surface area contributed by atoms with E-state index in [1.54, 1.807) is 43.5 Å². The minimum absolute atomic E-state index is 0.170. The average molecular weight is 305 g/mol. The molecule has 1 heterocycles. The van der Waals surface area contributed by atoms with E-state index in [0.717, 1.165) is 0 Å². The number of carbonyl (C=O) groups is 2. The van der Waals surface area contributed by atoms with Crippen LogP contribution in [0.25, 0.3) is 0 Å². The fourth-order valence-electron chi connectivity index (χ4n) is 1.72. The van der Waals surface area contributed by atoms with Gasteiger partial charge >= 0.3 is 5.97 Å². The van der Waals surface area contributed by atoms with Crippen molar-refractivity contribution in [1.82, 2.24) is 5.32 Å². The number of carbonyl (C=O) groups excluding carboxylic acids is 1. The molecular formula is C15H15NO4S. The van der Waals surface area contributed by atoms with E-state index in [4.69, 9.17) is 9.52 Å². The fraction of sp³-hybridized carbons (Fsp3) is 0.200. The third-order valence-electron chi connectivity index (χ3n) is 2.81. The zero-order chi connectivity index (χ0) is 15.2. The Morgan fingerprint density at radius 3 is 2.71 bits per heavy atom. The number of furan rings is 1. The Kier molecular flexibility index (Phi) is 5.05. The second-order valence-electron chi connectivity index (χ2n) is 4.36. The van der Waals surface area contributed by atoms with Crippen LogP contribution in [-0.2, 0) is 11.3 Å². The van der Waals surface area contributed by atoms with Crippen LogP contribution < -0.4 is 5.32 Å². The summed E-state index contributed by atoms with van der Waals surface area (Å²) >= 11 is 1.22. The lowest BCUT2D eigenvalue weighted by Crippen LogP contribution is -2.30. The summed E-state index contributed by atoms with van der Waals surface area (Å²) in [6.07, 6.45) is 1.54. The number of benzene rings is 1. The summed E-state index contributed by atoms with van der Waals surface area (Å²) in [5, 5.41) is 11.5. The normalized spacial score (nSPS) is 11.9. The maximum Gasteiger partial charge on any atom is 0.336 e. The number of carboxylic acids is 1. The summed E-state index contributed by atoms with van der Waals surface area (Å²) in [6.45, 7) is 2.05. The van der Waals surface area contributed by atoms with Crippen LogP contribution in [0.1, 0.15) is 23.0 Å². The van der Waals surface area contributed by atoms with E-state index in [2.05, 4.69) is 5.32 Å². The Balaban J connectivity index is 1.96. The summed E-state index contributed by atoms with van der Waals surface area (Å²) in [6, 6.07) is 10.2. The predicted octanol–water partition coefficient (Wildman–Crippen LogP) is 2.77. The molecule has 0 radical (unpaired) electrons. The molecule has 0 aliphatic heterocycles. The van der Waals surface area contributed by atoms with Crippen molar-refractivity contribution in [3.05, 3.63) is 54.0 Å². The van der Waals surface area contributed by atoms with Gasteiger partial charge in [0, 0.05) is 4.90 Å².